The summed E-state index contributed by atoms with van der Waals surface area (Å²) < 4.78 is 38.9. The average molecular weight is 1170 g/mol. The Balaban J connectivity index is 0. The van der Waals surface area contributed by atoms with Crippen LogP contribution in [-0.2, 0) is 57.1 Å². The summed E-state index contributed by atoms with van der Waals surface area (Å²) in [6, 6.07) is 0. The molecule has 2 unspecified atom stereocenters. The Morgan fingerprint density at radius 1 is 0.463 bits per heavy atom. The molecule has 0 bridgehead atoms. The van der Waals surface area contributed by atoms with Gasteiger partial charge >= 0.3 is 23.9 Å². The van der Waals surface area contributed by atoms with Gasteiger partial charge in [0.25, 0.3) is 6.47 Å². The van der Waals surface area contributed by atoms with E-state index in [0.29, 0.717) is 26.3 Å². The van der Waals surface area contributed by atoms with E-state index < -0.39 is 42.5 Å². The van der Waals surface area contributed by atoms with Crippen LogP contribution in [0, 0.1) is 11.8 Å². The van der Waals surface area contributed by atoms with Crippen molar-refractivity contribution in [1.82, 2.24) is 4.90 Å². The molecule has 1 fully saturated rings. The van der Waals surface area contributed by atoms with E-state index in [2.05, 4.69) is 39.5 Å². The molecule has 0 spiro atoms. The number of hydrogen-bond donors (Lipinski definition) is 0. The minimum Gasteiger partial charge on any atom is -0.468 e. The molecule has 0 aromatic rings. The van der Waals surface area contributed by atoms with Gasteiger partial charge < -0.3 is 38.1 Å². The summed E-state index contributed by atoms with van der Waals surface area (Å²) in [5, 5.41) is 0. The second-order valence-corrected chi connectivity index (χ2v) is 23.5. The lowest BCUT2D eigenvalue weighted by molar-refractivity contribution is -0.277. The Hall–Kier alpha value is -2.77. The molecular formula is C69H133NO12. The zero-order valence-corrected chi connectivity index (χ0v) is 55.3. The third-order valence-electron chi connectivity index (χ3n) is 15.6. The highest BCUT2D eigenvalue weighted by atomic mass is 16.7. The molecular weight excluding hydrogens is 1030 g/mol. The van der Waals surface area contributed by atoms with Crippen molar-refractivity contribution in [2.24, 2.45) is 11.8 Å². The largest absolute Gasteiger partial charge is 0.468 e. The summed E-state index contributed by atoms with van der Waals surface area (Å²) in [4.78, 5) is 61.2. The fraction of sp³-hybridized carbons (Fsp3) is 0.928. The van der Waals surface area contributed by atoms with Crippen LogP contribution in [0.5, 0.6) is 0 Å². The molecule has 0 aromatic heterocycles. The lowest BCUT2D eigenvalue weighted by atomic mass is 9.94. The summed E-state index contributed by atoms with van der Waals surface area (Å²) in [5.74, 6) is -0.451. The van der Waals surface area contributed by atoms with Gasteiger partial charge in [-0.05, 0) is 76.9 Å². The maximum atomic E-state index is 13.1. The van der Waals surface area contributed by atoms with Gasteiger partial charge in [0.2, 0.25) is 0 Å². The van der Waals surface area contributed by atoms with Crippen LogP contribution >= 0.6 is 0 Å². The molecule has 1 saturated heterocycles. The molecule has 13 heteroatoms. The van der Waals surface area contributed by atoms with E-state index in [1.165, 1.54) is 175 Å². The van der Waals surface area contributed by atoms with Crippen LogP contribution in [0.15, 0.2) is 0 Å². The van der Waals surface area contributed by atoms with Crippen molar-refractivity contribution in [3.05, 3.63) is 0 Å². The van der Waals surface area contributed by atoms with Gasteiger partial charge in [0.05, 0.1) is 19.1 Å². The number of carbonyl (C=O) groups excluding carboxylic acids is 5. The Morgan fingerprint density at radius 3 is 1.28 bits per heavy atom. The molecule has 0 aromatic carbocycles. The lowest BCUT2D eigenvalue weighted by Gasteiger charge is -2.39. The Kier molecular flexibility index (Phi) is 62.2. The normalized spacial score (nSPS) is 15.8. The van der Waals surface area contributed by atoms with Gasteiger partial charge in [-0.3, -0.25) is 24.0 Å². The topological polar surface area (TPSA) is 153 Å². The molecule has 486 valence electrons. The van der Waals surface area contributed by atoms with Crippen molar-refractivity contribution >= 4 is 30.3 Å². The number of nitrogens with zero attached hydrogens (tertiary/aromatic N) is 1. The zero-order chi connectivity index (χ0) is 60.9. The SMILES string of the molecule is CC.CCCCCCCCC(C)CCCCCCCC.CCCCCCCCC(CCCCCCCC)C(=O)OCCCCCCCN(CCCCCCCOC=O)CCCCOC1O[C@H](COC(C)=O)C(OC(C)=O)C[C@@H]1OC(C)=O. The van der Waals surface area contributed by atoms with Crippen molar-refractivity contribution in [3.8, 4) is 0 Å². The maximum absolute atomic E-state index is 13.1. The molecule has 1 heterocycles. The molecule has 0 N–H and O–H groups in total. The van der Waals surface area contributed by atoms with E-state index >= 15 is 0 Å². The van der Waals surface area contributed by atoms with E-state index in [0.717, 1.165) is 128 Å². The van der Waals surface area contributed by atoms with Crippen LogP contribution in [-0.4, -0.2) is 106 Å². The first-order valence-corrected chi connectivity index (χ1v) is 34.6. The van der Waals surface area contributed by atoms with Gasteiger partial charge in [-0.15, -0.1) is 0 Å². The van der Waals surface area contributed by atoms with E-state index in [-0.39, 0.29) is 24.9 Å². The van der Waals surface area contributed by atoms with Gasteiger partial charge in [-0.25, -0.2) is 0 Å². The number of carbonyl (C=O) groups is 5. The zero-order valence-electron chi connectivity index (χ0n) is 55.3. The summed E-state index contributed by atoms with van der Waals surface area (Å²) in [7, 11) is 0. The highest BCUT2D eigenvalue weighted by molar-refractivity contribution is 5.72. The fourth-order valence-corrected chi connectivity index (χ4v) is 10.7. The Bertz CT molecular complexity index is 1380. The Labute approximate surface area is 505 Å². The molecule has 1 rings (SSSR count). The molecule has 1 aliphatic heterocycles. The van der Waals surface area contributed by atoms with Gasteiger partial charge in [-0.1, -0.05) is 254 Å². The molecule has 82 heavy (non-hydrogen) atoms. The number of esters is 4. The van der Waals surface area contributed by atoms with Crippen LogP contribution < -0.4 is 0 Å². The third kappa shape index (κ3) is 53.9. The predicted molar refractivity (Wildman–Crippen MR) is 338 cm³/mol. The molecule has 0 aliphatic carbocycles. The first kappa shape index (κ1) is 81.3. The van der Waals surface area contributed by atoms with Crippen molar-refractivity contribution in [1.29, 1.82) is 0 Å². The van der Waals surface area contributed by atoms with Gasteiger partial charge in [-0.2, -0.15) is 0 Å². The fourth-order valence-electron chi connectivity index (χ4n) is 10.7. The van der Waals surface area contributed by atoms with E-state index in [1.807, 2.05) is 13.8 Å². The summed E-state index contributed by atoms with van der Waals surface area (Å²) in [5.41, 5.74) is 0. The van der Waals surface area contributed by atoms with Crippen LogP contribution in [0.1, 0.15) is 332 Å². The Morgan fingerprint density at radius 2 is 0.841 bits per heavy atom. The standard InChI is InChI=1S/C49H89NO12.C18H38.C2H6/c1-6-8-10-12-16-22-30-44(31-23-17-13-11-9-7-2)48(55)57-36-28-21-15-19-25-33-50(32-24-18-14-20-27-35-56-40-51)34-26-29-37-58-49-46(61-43(5)54)38-45(60-42(4)53)47(62-49)39-59-41(3)52;1-4-6-8-10-12-14-16-18(3)17-15-13-11-9-7-5-2;1-2/h40,44-47,49H,6-39H2,1-5H3;18H,4-17H2,1-3H3;1-2H3/t45?,46-,47+,49?;;/m0../s1. The second-order valence-electron chi connectivity index (χ2n) is 23.5. The predicted octanol–water partition coefficient (Wildman–Crippen LogP) is 18.5. The lowest BCUT2D eigenvalue weighted by Crippen LogP contribution is -2.53. The third-order valence-corrected chi connectivity index (χ3v) is 15.6. The van der Waals surface area contributed by atoms with Crippen LogP contribution in [0.4, 0.5) is 0 Å². The first-order chi connectivity index (χ1) is 39.9. The van der Waals surface area contributed by atoms with Crippen LogP contribution in [0.2, 0.25) is 0 Å². The van der Waals surface area contributed by atoms with Crippen molar-refractivity contribution in [2.75, 3.05) is 46.1 Å². The number of ether oxygens (including phenoxy) is 7. The first-order valence-electron chi connectivity index (χ1n) is 34.6. The molecule has 0 amide bonds. The number of hydrogen-bond acceptors (Lipinski definition) is 13. The minimum absolute atomic E-state index is 0.0225. The molecule has 4 atom stereocenters. The maximum Gasteiger partial charge on any atom is 0.308 e. The molecule has 13 nitrogen and oxygen atoms in total. The van der Waals surface area contributed by atoms with E-state index in [4.69, 9.17) is 33.2 Å². The van der Waals surface area contributed by atoms with Gasteiger partial charge in [0.1, 0.15) is 18.8 Å². The summed E-state index contributed by atoms with van der Waals surface area (Å²) >= 11 is 0. The van der Waals surface area contributed by atoms with Crippen molar-refractivity contribution < 1.29 is 57.1 Å². The highest BCUT2D eigenvalue weighted by Gasteiger charge is 2.43. The van der Waals surface area contributed by atoms with Gasteiger partial charge in [0, 0.05) is 33.8 Å². The number of unbranched alkanes of at least 4 members (excludes halogenated alkanes) is 29. The van der Waals surface area contributed by atoms with Crippen LogP contribution in [0.3, 0.4) is 0 Å². The van der Waals surface area contributed by atoms with E-state index in [1.54, 1.807) is 0 Å². The van der Waals surface area contributed by atoms with Crippen molar-refractivity contribution in [3.63, 3.8) is 0 Å². The summed E-state index contributed by atoms with van der Waals surface area (Å²) in [6.45, 7) is 24.1. The summed E-state index contributed by atoms with van der Waals surface area (Å²) in [6.07, 6.45) is 46.3. The quantitative estimate of drug-likeness (QED) is 0.0246. The van der Waals surface area contributed by atoms with Crippen LogP contribution in [0.25, 0.3) is 0 Å². The molecule has 1 aliphatic rings. The van der Waals surface area contributed by atoms with E-state index in [9.17, 15) is 24.0 Å². The molecule has 0 saturated carbocycles. The minimum atomic E-state index is -0.889. The number of rotatable bonds is 56. The smallest absolute Gasteiger partial charge is 0.308 e. The van der Waals surface area contributed by atoms with Gasteiger partial charge in [0.15, 0.2) is 12.4 Å². The monoisotopic (exact) mass is 1170 g/mol. The van der Waals surface area contributed by atoms with Crippen molar-refractivity contribution in [2.45, 2.75) is 357 Å². The molecule has 0 radical (unpaired) electrons. The average Bonchev–Trinajstić information content (AvgIpc) is 3.48. The highest BCUT2D eigenvalue weighted by Crippen LogP contribution is 2.28. The second kappa shape index (κ2) is 62.8.